The lowest BCUT2D eigenvalue weighted by Gasteiger charge is -2.34. The summed E-state index contributed by atoms with van der Waals surface area (Å²) in [6.45, 7) is 9.48. The zero-order valence-electron chi connectivity index (χ0n) is 10.9. The highest BCUT2D eigenvalue weighted by Gasteiger charge is 2.41. The van der Waals surface area contributed by atoms with Gasteiger partial charge in [0.1, 0.15) is 0 Å². The van der Waals surface area contributed by atoms with Gasteiger partial charge in [-0.1, -0.05) is 36.2 Å². The third-order valence-corrected chi connectivity index (χ3v) is 4.14. The second-order valence-electron chi connectivity index (χ2n) is 5.75. The van der Waals surface area contributed by atoms with Crippen molar-refractivity contribution in [3.63, 3.8) is 0 Å². The quantitative estimate of drug-likeness (QED) is 0.726. The van der Waals surface area contributed by atoms with Gasteiger partial charge >= 0.3 is 0 Å². The van der Waals surface area contributed by atoms with Crippen LogP contribution >= 0.6 is 15.9 Å². The Bertz CT molecular complexity index is 250. The number of rotatable bonds is 4. The van der Waals surface area contributed by atoms with E-state index in [1.54, 1.807) is 0 Å². The fraction of sp³-hybridized carbons (Fsp3) is 0.923. The van der Waals surface area contributed by atoms with E-state index in [4.69, 9.17) is 0 Å². The number of hydrogen-bond acceptors (Lipinski definition) is 1. The van der Waals surface area contributed by atoms with Gasteiger partial charge < -0.3 is 4.90 Å². The monoisotopic (exact) mass is 289 g/mol. The van der Waals surface area contributed by atoms with E-state index in [2.05, 4.69) is 43.6 Å². The minimum atomic E-state index is 0.191. The van der Waals surface area contributed by atoms with Gasteiger partial charge in [-0.25, -0.2) is 0 Å². The zero-order valence-corrected chi connectivity index (χ0v) is 12.5. The zero-order chi connectivity index (χ0) is 12.3. The minimum absolute atomic E-state index is 0.191. The fourth-order valence-corrected chi connectivity index (χ4v) is 3.08. The van der Waals surface area contributed by atoms with Crippen LogP contribution in [-0.2, 0) is 4.79 Å². The van der Waals surface area contributed by atoms with Crippen molar-refractivity contribution >= 4 is 21.8 Å². The van der Waals surface area contributed by atoms with Crippen LogP contribution in [0.25, 0.3) is 0 Å². The average molecular weight is 290 g/mol. The summed E-state index contributed by atoms with van der Waals surface area (Å²) in [5.74, 6) is 0.589. The first-order valence-electron chi connectivity index (χ1n) is 6.26. The first-order valence-corrected chi connectivity index (χ1v) is 7.38. The van der Waals surface area contributed by atoms with Crippen molar-refractivity contribution in [2.45, 2.75) is 53.0 Å². The summed E-state index contributed by atoms with van der Waals surface area (Å²) >= 11 is 3.43. The molecule has 3 heteroatoms. The van der Waals surface area contributed by atoms with Crippen LogP contribution in [0.2, 0.25) is 0 Å². The van der Waals surface area contributed by atoms with Crippen LogP contribution in [-0.4, -0.2) is 28.7 Å². The Morgan fingerprint density at radius 1 is 1.50 bits per heavy atom. The highest BCUT2D eigenvalue weighted by atomic mass is 79.9. The highest BCUT2D eigenvalue weighted by Crippen LogP contribution is 2.43. The SMILES string of the molecule is CC(C)N(CCBr)C(=O)C1CCCC1(C)C. The molecule has 1 atom stereocenters. The van der Waals surface area contributed by atoms with Crippen LogP contribution in [0.3, 0.4) is 0 Å². The van der Waals surface area contributed by atoms with Gasteiger partial charge in [0.25, 0.3) is 0 Å². The molecule has 1 rings (SSSR count). The van der Waals surface area contributed by atoms with Crippen molar-refractivity contribution in [1.29, 1.82) is 0 Å². The van der Waals surface area contributed by atoms with Crippen LogP contribution in [0.1, 0.15) is 47.0 Å². The summed E-state index contributed by atoms with van der Waals surface area (Å²) in [5, 5.41) is 0.865. The normalized spacial score (nSPS) is 23.8. The van der Waals surface area contributed by atoms with Gasteiger partial charge in [-0.15, -0.1) is 0 Å². The Morgan fingerprint density at radius 2 is 2.12 bits per heavy atom. The van der Waals surface area contributed by atoms with Crippen LogP contribution in [0, 0.1) is 11.3 Å². The Labute approximate surface area is 108 Å². The molecule has 1 saturated carbocycles. The molecule has 1 unspecified atom stereocenters. The van der Waals surface area contributed by atoms with E-state index >= 15 is 0 Å². The predicted octanol–water partition coefficient (Wildman–Crippen LogP) is 3.44. The maximum atomic E-state index is 12.5. The lowest BCUT2D eigenvalue weighted by molar-refractivity contribution is -0.139. The lowest BCUT2D eigenvalue weighted by atomic mass is 9.81. The number of carbonyl (C=O) groups is 1. The molecule has 1 aliphatic rings. The summed E-state index contributed by atoms with van der Waals surface area (Å²) in [5.41, 5.74) is 0.191. The molecule has 0 spiro atoms. The molecule has 2 nitrogen and oxygen atoms in total. The van der Waals surface area contributed by atoms with Crippen molar-refractivity contribution in [2.75, 3.05) is 11.9 Å². The summed E-state index contributed by atoms with van der Waals surface area (Å²) in [6, 6.07) is 0.307. The Kier molecular flexibility index (Phi) is 4.84. The molecule has 1 aliphatic carbocycles. The van der Waals surface area contributed by atoms with E-state index in [0.717, 1.165) is 18.3 Å². The molecule has 0 aromatic rings. The number of nitrogens with zero attached hydrogens (tertiary/aromatic N) is 1. The van der Waals surface area contributed by atoms with E-state index in [0.29, 0.717) is 11.9 Å². The molecular weight excluding hydrogens is 266 g/mol. The summed E-state index contributed by atoms with van der Waals surface area (Å²) < 4.78 is 0. The number of amides is 1. The average Bonchev–Trinajstić information content (AvgIpc) is 2.53. The Morgan fingerprint density at radius 3 is 2.50 bits per heavy atom. The van der Waals surface area contributed by atoms with Gasteiger partial charge in [-0.2, -0.15) is 0 Å². The van der Waals surface area contributed by atoms with Crippen LogP contribution < -0.4 is 0 Å². The largest absolute Gasteiger partial charge is 0.339 e. The van der Waals surface area contributed by atoms with Gasteiger partial charge in [-0.3, -0.25) is 4.79 Å². The molecule has 0 aromatic heterocycles. The topological polar surface area (TPSA) is 20.3 Å². The third kappa shape index (κ3) is 2.99. The molecule has 0 bridgehead atoms. The van der Waals surface area contributed by atoms with E-state index < -0.39 is 0 Å². The number of halogens is 1. The molecule has 0 aromatic carbocycles. The highest BCUT2D eigenvalue weighted by molar-refractivity contribution is 9.09. The maximum Gasteiger partial charge on any atom is 0.226 e. The molecular formula is C13H24BrNO. The maximum absolute atomic E-state index is 12.5. The fourth-order valence-electron chi connectivity index (χ4n) is 2.70. The molecule has 1 amide bonds. The third-order valence-electron chi connectivity index (χ3n) is 3.79. The summed E-state index contributed by atoms with van der Waals surface area (Å²) in [7, 11) is 0. The van der Waals surface area contributed by atoms with Gasteiger partial charge in [0.05, 0.1) is 0 Å². The van der Waals surface area contributed by atoms with E-state index in [9.17, 15) is 4.79 Å². The molecule has 94 valence electrons. The van der Waals surface area contributed by atoms with Crippen molar-refractivity contribution in [2.24, 2.45) is 11.3 Å². The van der Waals surface area contributed by atoms with E-state index in [1.807, 2.05) is 4.90 Å². The number of carbonyl (C=O) groups excluding carboxylic acids is 1. The first-order chi connectivity index (χ1) is 7.40. The van der Waals surface area contributed by atoms with Crippen molar-refractivity contribution in [1.82, 2.24) is 4.90 Å². The molecule has 16 heavy (non-hydrogen) atoms. The predicted molar refractivity (Wildman–Crippen MR) is 71.8 cm³/mol. The van der Waals surface area contributed by atoms with Gasteiger partial charge in [0.2, 0.25) is 5.91 Å². The molecule has 0 radical (unpaired) electrons. The summed E-state index contributed by atoms with van der Waals surface area (Å²) in [4.78, 5) is 14.5. The molecule has 0 saturated heterocycles. The van der Waals surface area contributed by atoms with Gasteiger partial charge in [0, 0.05) is 23.8 Å². The molecule has 0 aliphatic heterocycles. The van der Waals surface area contributed by atoms with Crippen LogP contribution in [0.15, 0.2) is 0 Å². The van der Waals surface area contributed by atoms with E-state index in [-0.39, 0.29) is 11.3 Å². The molecule has 0 N–H and O–H groups in total. The summed E-state index contributed by atoms with van der Waals surface area (Å²) in [6.07, 6.45) is 3.45. The first kappa shape index (κ1) is 14.0. The lowest BCUT2D eigenvalue weighted by Crippen LogP contribution is -2.44. The smallest absolute Gasteiger partial charge is 0.226 e. The second kappa shape index (κ2) is 5.52. The second-order valence-corrected chi connectivity index (χ2v) is 6.54. The van der Waals surface area contributed by atoms with Gasteiger partial charge in [-0.05, 0) is 32.1 Å². The van der Waals surface area contributed by atoms with Crippen molar-refractivity contribution in [3.05, 3.63) is 0 Å². The number of hydrogen-bond donors (Lipinski definition) is 0. The van der Waals surface area contributed by atoms with Gasteiger partial charge in [0.15, 0.2) is 0 Å². The Hall–Kier alpha value is -0.0500. The standard InChI is InChI=1S/C13H24BrNO/c1-10(2)15(9-8-14)12(16)11-6-5-7-13(11,3)4/h10-11H,5-9H2,1-4H3. The van der Waals surface area contributed by atoms with Crippen molar-refractivity contribution < 1.29 is 4.79 Å². The van der Waals surface area contributed by atoms with E-state index in [1.165, 1.54) is 12.8 Å². The molecule has 1 fully saturated rings. The number of alkyl halides is 1. The Balaban J connectivity index is 2.74. The molecule has 0 heterocycles. The minimum Gasteiger partial charge on any atom is -0.339 e. The van der Waals surface area contributed by atoms with Crippen molar-refractivity contribution in [3.8, 4) is 0 Å². The van der Waals surface area contributed by atoms with Crippen LogP contribution in [0.4, 0.5) is 0 Å². The van der Waals surface area contributed by atoms with Crippen LogP contribution in [0.5, 0.6) is 0 Å².